The zero-order valence-corrected chi connectivity index (χ0v) is 15.2. The molecule has 1 aliphatic rings. The maximum Gasteiger partial charge on any atom is 0.234 e. The van der Waals surface area contributed by atoms with Gasteiger partial charge in [-0.1, -0.05) is 30.7 Å². The van der Waals surface area contributed by atoms with E-state index in [1.807, 2.05) is 12.1 Å². The fraction of sp³-hybridized carbons (Fsp3) is 0.611. The number of rotatable bonds is 6. The van der Waals surface area contributed by atoms with Gasteiger partial charge >= 0.3 is 0 Å². The molecule has 1 aliphatic heterocycles. The molecule has 0 aliphatic carbocycles. The zero-order chi connectivity index (χ0) is 16.9. The molecule has 1 amide bonds. The number of hydrogen-bond acceptors (Lipinski definition) is 3. The van der Waals surface area contributed by atoms with Crippen LogP contribution in [0.3, 0.4) is 0 Å². The van der Waals surface area contributed by atoms with E-state index in [9.17, 15) is 4.79 Å². The van der Waals surface area contributed by atoms with Crippen molar-refractivity contribution in [1.29, 1.82) is 0 Å². The summed E-state index contributed by atoms with van der Waals surface area (Å²) >= 11 is 5.92. The van der Waals surface area contributed by atoms with Crippen molar-refractivity contribution in [2.75, 3.05) is 32.7 Å². The van der Waals surface area contributed by atoms with E-state index < -0.39 is 0 Å². The number of carbonyl (C=O) groups excluding carboxylic acids is 1. The highest BCUT2D eigenvalue weighted by molar-refractivity contribution is 6.30. The second-order valence-corrected chi connectivity index (χ2v) is 7.40. The highest BCUT2D eigenvalue weighted by Crippen LogP contribution is 2.13. The average molecular weight is 338 g/mol. The first kappa shape index (κ1) is 18.2. The van der Waals surface area contributed by atoms with E-state index >= 15 is 0 Å². The lowest BCUT2D eigenvalue weighted by atomic mass is 10.0. The summed E-state index contributed by atoms with van der Waals surface area (Å²) in [5.41, 5.74) is 1.17. The molecule has 128 valence electrons. The normalized spacial score (nSPS) is 17.2. The Morgan fingerprint density at radius 2 is 1.70 bits per heavy atom. The molecule has 1 N–H and O–H groups in total. The molecule has 0 unspecified atom stereocenters. The first-order chi connectivity index (χ1) is 10.9. The molecule has 1 heterocycles. The summed E-state index contributed by atoms with van der Waals surface area (Å²) in [4.78, 5) is 16.8. The summed E-state index contributed by atoms with van der Waals surface area (Å²) in [6, 6.07) is 8.03. The lowest BCUT2D eigenvalue weighted by Crippen LogP contribution is -2.52. The maximum atomic E-state index is 12.1. The van der Waals surface area contributed by atoms with Crippen LogP contribution in [0.15, 0.2) is 24.3 Å². The third-order valence-corrected chi connectivity index (χ3v) is 4.77. The third-order valence-electron chi connectivity index (χ3n) is 4.51. The van der Waals surface area contributed by atoms with Crippen molar-refractivity contribution >= 4 is 17.5 Å². The molecule has 4 nitrogen and oxygen atoms in total. The van der Waals surface area contributed by atoms with Crippen molar-refractivity contribution in [3.05, 3.63) is 34.9 Å². The lowest BCUT2D eigenvalue weighted by Gasteiger charge is -2.35. The highest BCUT2D eigenvalue weighted by Gasteiger charge is 2.22. The van der Waals surface area contributed by atoms with Crippen LogP contribution in [0.1, 0.15) is 32.8 Å². The molecule has 0 aromatic heterocycles. The topological polar surface area (TPSA) is 35.6 Å². The molecule has 0 saturated carbocycles. The minimum Gasteiger partial charge on any atom is -0.350 e. The van der Waals surface area contributed by atoms with Crippen LogP contribution < -0.4 is 5.32 Å². The van der Waals surface area contributed by atoms with Crippen molar-refractivity contribution in [3.8, 4) is 0 Å². The summed E-state index contributed by atoms with van der Waals surface area (Å²) in [6.45, 7) is 11.5. The van der Waals surface area contributed by atoms with Gasteiger partial charge in [0, 0.05) is 43.3 Å². The summed E-state index contributed by atoms with van der Waals surface area (Å²) in [7, 11) is 0. The summed E-state index contributed by atoms with van der Waals surface area (Å²) in [5.74, 6) is 0.128. The fourth-order valence-corrected chi connectivity index (χ4v) is 2.79. The van der Waals surface area contributed by atoms with Gasteiger partial charge in [0.15, 0.2) is 0 Å². The highest BCUT2D eigenvalue weighted by atomic mass is 35.5. The van der Waals surface area contributed by atoms with Gasteiger partial charge in [0.1, 0.15) is 0 Å². The number of carbonyl (C=O) groups is 1. The Labute approximate surface area is 144 Å². The van der Waals surface area contributed by atoms with Crippen molar-refractivity contribution in [1.82, 2.24) is 15.1 Å². The second kappa shape index (κ2) is 8.13. The zero-order valence-electron chi connectivity index (χ0n) is 14.4. The Hall–Kier alpha value is -1.10. The first-order valence-corrected chi connectivity index (χ1v) is 8.76. The van der Waals surface area contributed by atoms with E-state index in [-0.39, 0.29) is 11.4 Å². The van der Waals surface area contributed by atoms with Crippen LogP contribution >= 0.6 is 11.6 Å². The summed E-state index contributed by atoms with van der Waals surface area (Å²) < 4.78 is 0. The van der Waals surface area contributed by atoms with Crippen LogP contribution in [0.4, 0.5) is 0 Å². The van der Waals surface area contributed by atoms with Crippen molar-refractivity contribution in [2.24, 2.45) is 0 Å². The van der Waals surface area contributed by atoms with Crippen LogP contribution in [0.5, 0.6) is 0 Å². The van der Waals surface area contributed by atoms with E-state index in [0.29, 0.717) is 6.54 Å². The largest absolute Gasteiger partial charge is 0.350 e. The van der Waals surface area contributed by atoms with Crippen LogP contribution in [0, 0.1) is 0 Å². The predicted octanol–water partition coefficient (Wildman–Crippen LogP) is 2.76. The van der Waals surface area contributed by atoms with Crippen molar-refractivity contribution in [3.63, 3.8) is 0 Å². The Morgan fingerprint density at radius 1 is 1.13 bits per heavy atom. The Balaban J connectivity index is 1.73. The average Bonchev–Trinajstić information content (AvgIpc) is 2.51. The van der Waals surface area contributed by atoms with E-state index in [2.05, 4.69) is 48.0 Å². The number of nitrogens with zero attached hydrogens (tertiary/aromatic N) is 2. The molecule has 1 aromatic rings. The SMILES string of the molecule is CCC(C)(C)NC(=O)CN1CCN(Cc2ccc(Cl)cc2)CC1. The van der Waals surface area contributed by atoms with Gasteiger partial charge in [-0.05, 0) is 38.0 Å². The van der Waals surface area contributed by atoms with E-state index in [0.717, 1.165) is 44.2 Å². The predicted molar refractivity (Wildman–Crippen MR) is 95.7 cm³/mol. The molecule has 1 saturated heterocycles. The van der Waals surface area contributed by atoms with Gasteiger partial charge in [-0.3, -0.25) is 14.6 Å². The molecular weight excluding hydrogens is 310 g/mol. The molecule has 0 bridgehead atoms. The smallest absolute Gasteiger partial charge is 0.234 e. The Bertz CT molecular complexity index is 508. The van der Waals surface area contributed by atoms with E-state index in [1.165, 1.54) is 5.56 Å². The molecule has 0 atom stereocenters. The van der Waals surface area contributed by atoms with E-state index in [4.69, 9.17) is 11.6 Å². The van der Waals surface area contributed by atoms with E-state index in [1.54, 1.807) is 0 Å². The molecule has 1 fully saturated rings. The number of nitrogens with one attached hydrogen (secondary N) is 1. The standard InChI is InChI=1S/C18H28ClN3O/c1-4-18(2,3)20-17(23)14-22-11-9-21(10-12-22)13-15-5-7-16(19)8-6-15/h5-8H,4,9-14H2,1-3H3,(H,20,23). The third kappa shape index (κ3) is 6.13. The van der Waals surface area contributed by atoms with Gasteiger partial charge in [0.05, 0.1) is 6.54 Å². The second-order valence-electron chi connectivity index (χ2n) is 6.96. The van der Waals surface area contributed by atoms with Crippen LogP contribution in [-0.2, 0) is 11.3 Å². The monoisotopic (exact) mass is 337 g/mol. The van der Waals surface area contributed by atoms with Gasteiger partial charge in [0.25, 0.3) is 0 Å². The molecule has 2 rings (SSSR count). The lowest BCUT2D eigenvalue weighted by molar-refractivity contribution is -0.124. The quantitative estimate of drug-likeness (QED) is 0.867. The summed E-state index contributed by atoms with van der Waals surface area (Å²) in [5, 5.41) is 3.88. The molecule has 0 radical (unpaired) electrons. The Morgan fingerprint density at radius 3 is 2.26 bits per heavy atom. The molecule has 5 heteroatoms. The maximum absolute atomic E-state index is 12.1. The molecule has 1 aromatic carbocycles. The van der Waals surface area contributed by atoms with Crippen molar-refractivity contribution < 1.29 is 4.79 Å². The first-order valence-electron chi connectivity index (χ1n) is 8.38. The van der Waals surface area contributed by atoms with Gasteiger partial charge in [-0.2, -0.15) is 0 Å². The van der Waals surface area contributed by atoms with Crippen molar-refractivity contribution in [2.45, 2.75) is 39.3 Å². The molecule has 0 spiro atoms. The number of benzene rings is 1. The number of piperazine rings is 1. The number of hydrogen-bond donors (Lipinski definition) is 1. The Kier molecular flexibility index (Phi) is 6.45. The minimum absolute atomic E-state index is 0.118. The number of amides is 1. The minimum atomic E-state index is -0.118. The van der Waals surface area contributed by atoms with Gasteiger partial charge in [-0.25, -0.2) is 0 Å². The molecule has 23 heavy (non-hydrogen) atoms. The van der Waals surface area contributed by atoms with Crippen LogP contribution in [0.2, 0.25) is 5.02 Å². The number of halogens is 1. The van der Waals surface area contributed by atoms with Crippen LogP contribution in [-0.4, -0.2) is 54.0 Å². The van der Waals surface area contributed by atoms with Gasteiger partial charge in [-0.15, -0.1) is 0 Å². The molecular formula is C18H28ClN3O. The fourth-order valence-electron chi connectivity index (χ4n) is 2.66. The van der Waals surface area contributed by atoms with Gasteiger partial charge < -0.3 is 5.32 Å². The summed E-state index contributed by atoms with van der Waals surface area (Å²) in [6.07, 6.45) is 0.938. The van der Waals surface area contributed by atoms with Crippen LogP contribution in [0.25, 0.3) is 0 Å². The van der Waals surface area contributed by atoms with Gasteiger partial charge in [0.2, 0.25) is 5.91 Å².